The summed E-state index contributed by atoms with van der Waals surface area (Å²) in [7, 11) is 1.76. The molecule has 5 nitrogen and oxygen atoms in total. The summed E-state index contributed by atoms with van der Waals surface area (Å²) in [6, 6.07) is 0. The molecular formula is C12H26N2O3. The lowest BCUT2D eigenvalue weighted by molar-refractivity contribution is -0.135. The van der Waals surface area contributed by atoms with Crippen molar-refractivity contribution in [3.8, 4) is 0 Å². The summed E-state index contributed by atoms with van der Waals surface area (Å²) in [6.07, 6.45) is 0.815. The third-order valence-electron chi connectivity index (χ3n) is 2.11. The molecule has 0 saturated carbocycles. The minimum Gasteiger partial charge on any atom is -0.373 e. The van der Waals surface area contributed by atoms with Gasteiger partial charge in [0.25, 0.3) is 0 Å². The molecule has 0 aliphatic rings. The average molecular weight is 246 g/mol. The van der Waals surface area contributed by atoms with Crippen LogP contribution in [-0.4, -0.2) is 56.4 Å². The Labute approximate surface area is 104 Å². The van der Waals surface area contributed by atoms with Gasteiger partial charge in [-0.05, 0) is 33.7 Å². The zero-order chi connectivity index (χ0) is 13.3. The fraction of sp³-hybridized carbons (Fsp3) is 0.917. The summed E-state index contributed by atoms with van der Waals surface area (Å²) < 4.78 is 10.7. The number of carbonyl (C=O) groups is 1. The number of hydrogen-bond acceptors (Lipinski definition) is 4. The third-order valence-corrected chi connectivity index (χ3v) is 2.11. The molecule has 1 amide bonds. The highest BCUT2D eigenvalue weighted by atomic mass is 16.5. The monoisotopic (exact) mass is 246 g/mol. The van der Waals surface area contributed by atoms with Crippen LogP contribution in [0.1, 0.15) is 27.2 Å². The third kappa shape index (κ3) is 10.2. The second-order valence-electron chi connectivity index (χ2n) is 4.97. The van der Waals surface area contributed by atoms with Crippen LogP contribution in [0, 0.1) is 0 Å². The van der Waals surface area contributed by atoms with Crippen LogP contribution < -0.4 is 5.73 Å². The molecule has 0 unspecified atom stereocenters. The Morgan fingerprint density at radius 2 is 1.94 bits per heavy atom. The first kappa shape index (κ1) is 16.4. The molecular weight excluding hydrogens is 220 g/mol. The maximum atomic E-state index is 11.5. The van der Waals surface area contributed by atoms with Crippen molar-refractivity contribution in [1.82, 2.24) is 4.90 Å². The predicted octanol–water partition coefficient (Wildman–Crippen LogP) is 0.625. The zero-order valence-electron chi connectivity index (χ0n) is 11.5. The molecule has 0 aromatic rings. The van der Waals surface area contributed by atoms with Gasteiger partial charge in [0.1, 0.15) is 6.61 Å². The Morgan fingerprint density at radius 1 is 1.29 bits per heavy atom. The Morgan fingerprint density at radius 3 is 2.47 bits per heavy atom. The highest BCUT2D eigenvalue weighted by Crippen LogP contribution is 2.05. The summed E-state index contributed by atoms with van der Waals surface area (Å²) in [5.74, 6) is -0.0193. The molecule has 0 aromatic carbocycles. The van der Waals surface area contributed by atoms with Crippen LogP contribution in [-0.2, 0) is 14.3 Å². The molecule has 0 heterocycles. The summed E-state index contributed by atoms with van der Waals surface area (Å²) in [6.45, 7) is 8.27. The van der Waals surface area contributed by atoms with Crippen LogP contribution in [0.25, 0.3) is 0 Å². The normalized spacial score (nSPS) is 11.6. The van der Waals surface area contributed by atoms with Gasteiger partial charge in [0.2, 0.25) is 5.91 Å². The van der Waals surface area contributed by atoms with Crippen molar-refractivity contribution in [2.24, 2.45) is 5.73 Å². The number of nitrogens with zero attached hydrogens (tertiary/aromatic N) is 1. The molecule has 0 fully saturated rings. The van der Waals surface area contributed by atoms with E-state index in [-0.39, 0.29) is 18.1 Å². The molecule has 0 saturated heterocycles. The van der Waals surface area contributed by atoms with Gasteiger partial charge in [-0.1, -0.05) is 0 Å². The summed E-state index contributed by atoms with van der Waals surface area (Å²) >= 11 is 0. The van der Waals surface area contributed by atoms with Gasteiger partial charge >= 0.3 is 0 Å². The quantitative estimate of drug-likeness (QED) is 0.638. The first-order valence-corrected chi connectivity index (χ1v) is 6.02. The number of nitrogens with two attached hydrogens (primary N) is 1. The largest absolute Gasteiger partial charge is 0.373 e. The van der Waals surface area contributed by atoms with Gasteiger partial charge in [-0.2, -0.15) is 0 Å². The highest BCUT2D eigenvalue weighted by Gasteiger charge is 2.10. The predicted molar refractivity (Wildman–Crippen MR) is 67.8 cm³/mol. The van der Waals surface area contributed by atoms with E-state index in [0.29, 0.717) is 26.3 Å². The molecule has 0 bridgehead atoms. The lowest BCUT2D eigenvalue weighted by Crippen LogP contribution is -2.32. The van der Waals surface area contributed by atoms with Crippen molar-refractivity contribution in [3.63, 3.8) is 0 Å². The van der Waals surface area contributed by atoms with E-state index in [1.807, 2.05) is 20.8 Å². The Kier molecular flexibility index (Phi) is 8.12. The molecule has 5 heteroatoms. The van der Waals surface area contributed by atoms with E-state index < -0.39 is 0 Å². The number of amides is 1. The summed E-state index contributed by atoms with van der Waals surface area (Å²) in [5.41, 5.74) is 5.21. The number of likely N-dealkylation sites (N-methyl/N-ethyl adjacent to an activating group) is 1. The van der Waals surface area contributed by atoms with Crippen molar-refractivity contribution < 1.29 is 14.3 Å². The Balaban J connectivity index is 3.51. The van der Waals surface area contributed by atoms with Gasteiger partial charge in [0.15, 0.2) is 0 Å². The van der Waals surface area contributed by atoms with Gasteiger partial charge in [-0.3, -0.25) is 4.79 Å². The van der Waals surface area contributed by atoms with Crippen molar-refractivity contribution in [3.05, 3.63) is 0 Å². The lowest BCUT2D eigenvalue weighted by atomic mass is 10.2. The minimum atomic E-state index is -0.161. The first-order valence-electron chi connectivity index (χ1n) is 6.02. The van der Waals surface area contributed by atoms with E-state index >= 15 is 0 Å². The van der Waals surface area contributed by atoms with Crippen LogP contribution in [0.3, 0.4) is 0 Å². The molecule has 17 heavy (non-hydrogen) atoms. The van der Waals surface area contributed by atoms with Crippen molar-refractivity contribution in [2.75, 3.05) is 40.0 Å². The fourth-order valence-corrected chi connectivity index (χ4v) is 1.13. The van der Waals surface area contributed by atoms with Crippen molar-refractivity contribution >= 4 is 5.91 Å². The smallest absolute Gasteiger partial charge is 0.248 e. The van der Waals surface area contributed by atoms with Crippen LogP contribution in [0.2, 0.25) is 0 Å². The summed E-state index contributed by atoms with van der Waals surface area (Å²) in [5, 5.41) is 0. The second-order valence-corrected chi connectivity index (χ2v) is 4.97. The maximum absolute atomic E-state index is 11.5. The van der Waals surface area contributed by atoms with Crippen LogP contribution in [0.15, 0.2) is 0 Å². The molecule has 0 aliphatic carbocycles. The average Bonchev–Trinajstić information content (AvgIpc) is 2.23. The molecule has 0 aromatic heterocycles. The standard InChI is InChI=1S/C12H26N2O3/c1-12(2,3)17-9-8-16-10-11(15)14(4)7-5-6-13/h5-10,13H2,1-4H3. The first-order chi connectivity index (χ1) is 7.87. The number of hydrogen-bond donors (Lipinski definition) is 1. The van der Waals surface area contributed by atoms with Gasteiger partial charge in [0.05, 0.1) is 18.8 Å². The molecule has 0 spiro atoms. The van der Waals surface area contributed by atoms with Crippen LogP contribution in [0.5, 0.6) is 0 Å². The van der Waals surface area contributed by atoms with E-state index in [1.54, 1.807) is 11.9 Å². The SMILES string of the molecule is CN(CCCN)C(=O)COCCOC(C)(C)C. The van der Waals surface area contributed by atoms with Crippen LogP contribution in [0.4, 0.5) is 0 Å². The topological polar surface area (TPSA) is 64.8 Å². The van der Waals surface area contributed by atoms with Crippen molar-refractivity contribution in [2.45, 2.75) is 32.8 Å². The number of rotatable bonds is 8. The van der Waals surface area contributed by atoms with E-state index in [9.17, 15) is 4.79 Å². The van der Waals surface area contributed by atoms with Gasteiger partial charge in [-0.25, -0.2) is 0 Å². The van der Waals surface area contributed by atoms with E-state index in [1.165, 1.54) is 0 Å². The maximum Gasteiger partial charge on any atom is 0.248 e. The number of ether oxygens (including phenoxy) is 2. The minimum absolute atomic E-state index is 0.0193. The number of carbonyl (C=O) groups excluding carboxylic acids is 1. The van der Waals surface area contributed by atoms with Gasteiger partial charge in [-0.15, -0.1) is 0 Å². The Hall–Kier alpha value is -0.650. The molecule has 0 rings (SSSR count). The van der Waals surface area contributed by atoms with E-state index in [2.05, 4.69) is 0 Å². The Bertz CT molecular complexity index is 214. The molecule has 102 valence electrons. The lowest BCUT2D eigenvalue weighted by Gasteiger charge is -2.20. The summed E-state index contributed by atoms with van der Waals surface area (Å²) in [4.78, 5) is 13.2. The van der Waals surface area contributed by atoms with Gasteiger partial charge in [0, 0.05) is 13.6 Å². The van der Waals surface area contributed by atoms with Crippen LogP contribution >= 0.6 is 0 Å². The molecule has 0 radical (unpaired) electrons. The second kappa shape index (κ2) is 8.44. The fourth-order valence-electron chi connectivity index (χ4n) is 1.13. The van der Waals surface area contributed by atoms with E-state index in [0.717, 1.165) is 6.42 Å². The molecule has 0 aliphatic heterocycles. The molecule has 0 atom stereocenters. The highest BCUT2D eigenvalue weighted by molar-refractivity contribution is 5.77. The zero-order valence-corrected chi connectivity index (χ0v) is 11.5. The van der Waals surface area contributed by atoms with Gasteiger partial charge < -0.3 is 20.1 Å². The van der Waals surface area contributed by atoms with Crippen molar-refractivity contribution in [1.29, 1.82) is 0 Å². The van der Waals surface area contributed by atoms with E-state index in [4.69, 9.17) is 15.2 Å². The molecule has 2 N–H and O–H groups in total.